The monoisotopic (exact) mass is 316 g/mol. The van der Waals surface area contributed by atoms with Crippen LogP contribution in [-0.2, 0) is 6.18 Å². The van der Waals surface area contributed by atoms with E-state index in [1.807, 2.05) is 0 Å². The fourth-order valence-corrected chi connectivity index (χ4v) is 1.75. The van der Waals surface area contributed by atoms with Crippen LogP contribution in [0.15, 0.2) is 42.7 Å². The molecule has 0 aliphatic carbocycles. The quantitative estimate of drug-likeness (QED) is 0.683. The molecule has 8 heteroatoms. The maximum Gasteiger partial charge on any atom is 0.416 e. The number of amides is 1. The highest BCUT2D eigenvalue weighted by Gasteiger charge is 2.31. The fraction of sp³-hybridized carbons (Fsp3) is 0.0769. The van der Waals surface area contributed by atoms with Crippen molar-refractivity contribution in [3.05, 3.63) is 64.1 Å². The lowest BCUT2D eigenvalue weighted by Crippen LogP contribution is -2.27. The smallest absolute Gasteiger partial charge is 0.416 e. The second kappa shape index (κ2) is 5.61. The van der Waals surface area contributed by atoms with Crippen LogP contribution in [0.1, 0.15) is 15.9 Å². The van der Waals surface area contributed by atoms with Crippen LogP contribution in [0.4, 0.5) is 18.9 Å². The van der Waals surface area contributed by atoms with E-state index in [9.17, 15) is 23.2 Å². The minimum Gasteiger partial charge on any atom is -0.619 e. The van der Waals surface area contributed by atoms with Gasteiger partial charge in [0.05, 0.1) is 16.3 Å². The van der Waals surface area contributed by atoms with Crippen molar-refractivity contribution in [2.24, 2.45) is 0 Å². The van der Waals surface area contributed by atoms with Gasteiger partial charge in [0.1, 0.15) is 5.56 Å². The molecule has 21 heavy (non-hydrogen) atoms. The van der Waals surface area contributed by atoms with E-state index in [2.05, 4.69) is 5.32 Å². The molecule has 0 unspecified atom stereocenters. The van der Waals surface area contributed by atoms with Gasteiger partial charge in [-0.15, -0.1) is 0 Å². The van der Waals surface area contributed by atoms with E-state index in [-0.39, 0.29) is 16.3 Å². The van der Waals surface area contributed by atoms with Gasteiger partial charge in [0.25, 0.3) is 5.91 Å². The fourth-order valence-electron chi connectivity index (χ4n) is 1.58. The summed E-state index contributed by atoms with van der Waals surface area (Å²) in [6.07, 6.45) is -2.38. The first-order chi connectivity index (χ1) is 9.77. The molecule has 4 nitrogen and oxygen atoms in total. The zero-order valence-electron chi connectivity index (χ0n) is 10.3. The number of carbonyl (C=O) groups is 1. The van der Waals surface area contributed by atoms with Crippen molar-refractivity contribution in [2.75, 3.05) is 5.32 Å². The number of aromatic nitrogens is 1. The molecule has 0 aliphatic heterocycles. The van der Waals surface area contributed by atoms with Crippen LogP contribution >= 0.6 is 11.6 Å². The molecule has 1 amide bonds. The largest absolute Gasteiger partial charge is 0.619 e. The van der Waals surface area contributed by atoms with Crippen LogP contribution in [0.2, 0.25) is 5.02 Å². The van der Waals surface area contributed by atoms with Gasteiger partial charge in [-0.2, -0.15) is 17.9 Å². The van der Waals surface area contributed by atoms with Gasteiger partial charge >= 0.3 is 6.18 Å². The topological polar surface area (TPSA) is 56.0 Å². The van der Waals surface area contributed by atoms with Crippen molar-refractivity contribution in [3.63, 3.8) is 0 Å². The van der Waals surface area contributed by atoms with Gasteiger partial charge in [-0.05, 0) is 24.3 Å². The second-order valence-electron chi connectivity index (χ2n) is 4.10. The summed E-state index contributed by atoms with van der Waals surface area (Å²) in [6.45, 7) is 0. The Morgan fingerprint density at radius 2 is 2.00 bits per heavy atom. The number of anilines is 1. The maximum absolute atomic E-state index is 12.6. The highest BCUT2D eigenvalue weighted by molar-refractivity contribution is 6.34. The van der Waals surface area contributed by atoms with E-state index in [1.165, 1.54) is 18.3 Å². The lowest BCUT2D eigenvalue weighted by atomic mass is 10.2. The number of hydrogen-bond donors (Lipinski definition) is 1. The lowest BCUT2D eigenvalue weighted by Gasteiger charge is -2.11. The van der Waals surface area contributed by atoms with Crippen molar-refractivity contribution in [2.45, 2.75) is 6.18 Å². The van der Waals surface area contributed by atoms with Gasteiger partial charge < -0.3 is 10.5 Å². The number of pyridine rings is 1. The molecular formula is C13H8ClF3N2O2. The predicted molar refractivity (Wildman–Crippen MR) is 69.8 cm³/mol. The Morgan fingerprint density at radius 1 is 1.29 bits per heavy atom. The average molecular weight is 317 g/mol. The van der Waals surface area contributed by atoms with Crippen LogP contribution in [0.5, 0.6) is 0 Å². The molecule has 1 aromatic heterocycles. The summed E-state index contributed by atoms with van der Waals surface area (Å²) in [5.74, 6) is -0.735. The van der Waals surface area contributed by atoms with Gasteiger partial charge in [-0.1, -0.05) is 11.6 Å². The number of rotatable bonds is 2. The molecule has 110 valence electrons. The van der Waals surface area contributed by atoms with Gasteiger partial charge in [0.15, 0.2) is 12.4 Å². The zero-order chi connectivity index (χ0) is 15.6. The van der Waals surface area contributed by atoms with Crippen LogP contribution < -0.4 is 10.0 Å². The van der Waals surface area contributed by atoms with Crippen LogP contribution in [0.3, 0.4) is 0 Å². The number of nitrogens with one attached hydrogen (secondary N) is 1. The summed E-state index contributed by atoms with van der Waals surface area (Å²) in [5, 5.41) is 13.3. The van der Waals surface area contributed by atoms with Crippen molar-refractivity contribution in [1.82, 2.24) is 0 Å². The van der Waals surface area contributed by atoms with E-state index in [4.69, 9.17) is 11.6 Å². The lowest BCUT2D eigenvalue weighted by molar-refractivity contribution is -0.605. The molecule has 0 saturated heterocycles. The SMILES string of the molecule is O=C(Nc1cc(C(F)(F)F)ccc1Cl)c1ccc[n+]([O-])c1. The average Bonchev–Trinajstić information content (AvgIpc) is 2.40. The third kappa shape index (κ3) is 3.63. The Bertz CT molecular complexity index is 689. The van der Waals surface area contributed by atoms with Gasteiger partial charge in [0.2, 0.25) is 0 Å². The maximum atomic E-state index is 12.6. The normalized spacial score (nSPS) is 11.2. The van der Waals surface area contributed by atoms with Gasteiger partial charge in [-0.25, -0.2) is 0 Å². The molecule has 0 fully saturated rings. The molecular weight excluding hydrogens is 309 g/mol. The summed E-state index contributed by atoms with van der Waals surface area (Å²) in [6, 6.07) is 5.28. The number of halogens is 4. The summed E-state index contributed by atoms with van der Waals surface area (Å²) in [5.41, 5.74) is -1.12. The summed E-state index contributed by atoms with van der Waals surface area (Å²) < 4.78 is 38.2. The van der Waals surface area contributed by atoms with E-state index in [0.29, 0.717) is 4.73 Å². The van der Waals surface area contributed by atoms with Crippen molar-refractivity contribution in [1.29, 1.82) is 0 Å². The molecule has 0 saturated carbocycles. The molecule has 1 heterocycles. The standard InChI is InChI=1S/C13H8ClF3N2O2/c14-10-4-3-9(13(15,16)17)6-11(10)18-12(20)8-2-1-5-19(21)7-8/h1-7H,(H,18,20). The third-order valence-corrected chi connectivity index (χ3v) is 2.91. The first kappa shape index (κ1) is 15.1. The molecule has 0 radical (unpaired) electrons. The van der Waals surface area contributed by atoms with E-state index in [1.54, 1.807) is 0 Å². The molecule has 2 aromatic rings. The predicted octanol–water partition coefficient (Wildman–Crippen LogP) is 3.24. The molecule has 0 spiro atoms. The number of alkyl halides is 3. The van der Waals surface area contributed by atoms with Gasteiger partial charge in [0, 0.05) is 6.07 Å². The second-order valence-corrected chi connectivity index (χ2v) is 4.51. The van der Waals surface area contributed by atoms with E-state index < -0.39 is 17.6 Å². The minimum absolute atomic E-state index is 0.000906. The molecule has 1 N–H and O–H groups in total. The number of benzene rings is 1. The summed E-state index contributed by atoms with van der Waals surface area (Å²) in [4.78, 5) is 11.9. The first-order valence-corrected chi connectivity index (χ1v) is 6.02. The van der Waals surface area contributed by atoms with Crippen LogP contribution in [0.25, 0.3) is 0 Å². The highest BCUT2D eigenvalue weighted by Crippen LogP contribution is 2.33. The molecule has 2 rings (SSSR count). The molecule has 0 aliphatic rings. The van der Waals surface area contributed by atoms with Crippen molar-refractivity contribution in [3.8, 4) is 0 Å². The Balaban J connectivity index is 2.29. The van der Waals surface area contributed by atoms with Crippen LogP contribution in [0, 0.1) is 5.21 Å². The minimum atomic E-state index is -4.55. The third-order valence-electron chi connectivity index (χ3n) is 2.58. The Hall–Kier alpha value is -2.28. The number of nitrogens with zero attached hydrogens (tertiary/aromatic N) is 1. The van der Waals surface area contributed by atoms with Crippen molar-refractivity contribution < 1.29 is 22.7 Å². The molecule has 0 atom stereocenters. The van der Waals surface area contributed by atoms with E-state index >= 15 is 0 Å². The number of carbonyl (C=O) groups excluding carboxylic acids is 1. The van der Waals surface area contributed by atoms with Crippen LogP contribution in [-0.4, -0.2) is 5.91 Å². The Morgan fingerprint density at radius 3 is 2.62 bits per heavy atom. The summed E-state index contributed by atoms with van der Waals surface area (Å²) >= 11 is 5.76. The molecule has 0 bridgehead atoms. The summed E-state index contributed by atoms with van der Waals surface area (Å²) in [7, 11) is 0. The number of hydrogen-bond acceptors (Lipinski definition) is 2. The zero-order valence-corrected chi connectivity index (χ0v) is 11.1. The van der Waals surface area contributed by atoms with E-state index in [0.717, 1.165) is 24.4 Å². The van der Waals surface area contributed by atoms with Gasteiger partial charge in [-0.3, -0.25) is 4.79 Å². The Labute approximate surface area is 122 Å². The molecule has 1 aromatic carbocycles. The Kier molecular flexibility index (Phi) is 4.04. The van der Waals surface area contributed by atoms with Crippen molar-refractivity contribution >= 4 is 23.2 Å². The highest BCUT2D eigenvalue weighted by atomic mass is 35.5. The first-order valence-electron chi connectivity index (χ1n) is 5.64.